The van der Waals surface area contributed by atoms with Crippen molar-refractivity contribution < 1.29 is 9.47 Å². The van der Waals surface area contributed by atoms with Crippen molar-refractivity contribution in [3.05, 3.63) is 12.4 Å². The van der Waals surface area contributed by atoms with Crippen molar-refractivity contribution in [1.82, 2.24) is 9.97 Å². The van der Waals surface area contributed by atoms with Crippen molar-refractivity contribution >= 4 is 5.82 Å². The molecule has 1 aromatic heterocycles. The molecule has 132 valence electrons. The van der Waals surface area contributed by atoms with E-state index in [0.29, 0.717) is 18.1 Å². The van der Waals surface area contributed by atoms with Crippen LogP contribution >= 0.6 is 0 Å². The fourth-order valence-electron chi connectivity index (χ4n) is 4.38. The minimum atomic E-state index is 0.327. The Morgan fingerprint density at radius 1 is 0.958 bits per heavy atom. The molecule has 3 heterocycles. The monoisotopic (exact) mass is 331 g/mol. The zero-order chi connectivity index (χ0) is 16.2. The highest BCUT2D eigenvalue weighted by Gasteiger charge is 2.30. The van der Waals surface area contributed by atoms with E-state index in [9.17, 15) is 0 Å². The molecule has 1 atom stereocenters. The highest BCUT2D eigenvalue weighted by Crippen LogP contribution is 2.30. The van der Waals surface area contributed by atoms with Crippen LogP contribution in [0.3, 0.4) is 0 Å². The summed E-state index contributed by atoms with van der Waals surface area (Å²) in [5, 5.41) is 0. The molecule has 24 heavy (non-hydrogen) atoms. The minimum absolute atomic E-state index is 0.327. The fraction of sp³-hybridized carbons (Fsp3) is 0.789. The molecule has 5 heteroatoms. The predicted octanol–water partition coefficient (Wildman–Crippen LogP) is 3.58. The Hall–Kier alpha value is -1.36. The molecule has 3 aliphatic rings. The van der Waals surface area contributed by atoms with Crippen molar-refractivity contribution in [2.45, 2.75) is 70.0 Å². The zero-order valence-corrected chi connectivity index (χ0v) is 14.5. The number of piperidine rings is 1. The Bertz CT molecular complexity index is 519. The number of hydrogen-bond acceptors (Lipinski definition) is 5. The van der Waals surface area contributed by atoms with Crippen LogP contribution in [0.25, 0.3) is 0 Å². The largest absolute Gasteiger partial charge is 0.473 e. The Morgan fingerprint density at radius 3 is 2.54 bits per heavy atom. The third kappa shape index (κ3) is 3.82. The first-order valence-electron chi connectivity index (χ1n) is 9.74. The molecule has 0 spiro atoms. The van der Waals surface area contributed by atoms with Gasteiger partial charge in [-0.05, 0) is 57.3 Å². The predicted molar refractivity (Wildman–Crippen MR) is 93.4 cm³/mol. The van der Waals surface area contributed by atoms with E-state index in [4.69, 9.17) is 14.5 Å². The van der Waals surface area contributed by atoms with Crippen LogP contribution in [0.2, 0.25) is 0 Å². The van der Waals surface area contributed by atoms with E-state index < -0.39 is 0 Å². The lowest BCUT2D eigenvalue weighted by molar-refractivity contribution is 0.0531. The smallest absolute Gasteiger partial charge is 0.234 e. The first kappa shape index (κ1) is 16.1. The summed E-state index contributed by atoms with van der Waals surface area (Å²) in [6.45, 7) is 3.05. The average molecular weight is 331 g/mol. The maximum Gasteiger partial charge on any atom is 0.234 e. The van der Waals surface area contributed by atoms with Gasteiger partial charge in [0.25, 0.3) is 0 Å². The van der Waals surface area contributed by atoms with E-state index in [2.05, 4.69) is 9.88 Å². The molecule has 1 unspecified atom stereocenters. The van der Waals surface area contributed by atoms with Gasteiger partial charge in [-0.1, -0.05) is 6.42 Å². The molecule has 1 saturated carbocycles. The van der Waals surface area contributed by atoms with Gasteiger partial charge in [0.2, 0.25) is 5.88 Å². The molecule has 0 radical (unpaired) electrons. The molecule has 0 aromatic carbocycles. The van der Waals surface area contributed by atoms with Crippen LogP contribution in [0.5, 0.6) is 5.88 Å². The quantitative estimate of drug-likeness (QED) is 0.844. The number of anilines is 1. The molecule has 4 rings (SSSR count). The maximum absolute atomic E-state index is 6.07. The summed E-state index contributed by atoms with van der Waals surface area (Å²) >= 11 is 0. The van der Waals surface area contributed by atoms with E-state index >= 15 is 0 Å². The van der Waals surface area contributed by atoms with Crippen LogP contribution in [-0.4, -0.2) is 41.9 Å². The fourth-order valence-corrected chi connectivity index (χ4v) is 4.38. The summed E-state index contributed by atoms with van der Waals surface area (Å²) in [5.74, 6) is 2.38. The molecular formula is C19H29N3O2. The topological polar surface area (TPSA) is 47.5 Å². The lowest BCUT2D eigenvalue weighted by atomic mass is 9.90. The highest BCUT2D eigenvalue weighted by atomic mass is 16.5. The standard InChI is InChI=1S/C19H29N3O2/c1-2-5-16(6-3-1)24-19-14-20-13-18(21-19)22-10-8-15(9-11-22)17-7-4-12-23-17/h13-17H,1-12H2. The molecule has 0 N–H and O–H groups in total. The Morgan fingerprint density at radius 2 is 1.79 bits per heavy atom. The van der Waals surface area contributed by atoms with E-state index in [1.807, 2.05) is 6.20 Å². The molecule has 3 fully saturated rings. The van der Waals surface area contributed by atoms with E-state index in [1.165, 1.54) is 44.9 Å². The van der Waals surface area contributed by atoms with Crippen LogP contribution < -0.4 is 9.64 Å². The summed E-state index contributed by atoms with van der Waals surface area (Å²) in [6.07, 6.45) is 15.5. The normalized spacial score (nSPS) is 26.7. The van der Waals surface area contributed by atoms with Gasteiger partial charge in [0.15, 0.2) is 5.82 Å². The number of nitrogens with zero attached hydrogens (tertiary/aromatic N) is 3. The van der Waals surface area contributed by atoms with E-state index in [1.54, 1.807) is 6.20 Å². The molecule has 2 saturated heterocycles. The Balaban J connectivity index is 1.33. The van der Waals surface area contributed by atoms with Crippen LogP contribution in [0, 0.1) is 5.92 Å². The maximum atomic E-state index is 6.07. The highest BCUT2D eigenvalue weighted by molar-refractivity contribution is 5.38. The van der Waals surface area contributed by atoms with Gasteiger partial charge >= 0.3 is 0 Å². The molecule has 2 aliphatic heterocycles. The molecule has 5 nitrogen and oxygen atoms in total. The second-order valence-corrected chi connectivity index (χ2v) is 7.47. The SMILES string of the molecule is c1ncc(N2CCC(C3CCCO3)CC2)nc1OC1CCCCC1. The second kappa shape index (κ2) is 7.68. The Kier molecular flexibility index (Phi) is 5.16. The molecule has 0 amide bonds. The first-order valence-corrected chi connectivity index (χ1v) is 9.74. The van der Waals surface area contributed by atoms with Gasteiger partial charge in [-0.15, -0.1) is 0 Å². The molecule has 1 aliphatic carbocycles. The summed E-state index contributed by atoms with van der Waals surface area (Å²) in [4.78, 5) is 11.4. The van der Waals surface area contributed by atoms with Gasteiger partial charge in [0.1, 0.15) is 6.10 Å². The second-order valence-electron chi connectivity index (χ2n) is 7.47. The van der Waals surface area contributed by atoms with Crippen LogP contribution in [-0.2, 0) is 4.74 Å². The van der Waals surface area contributed by atoms with Crippen molar-refractivity contribution in [3.8, 4) is 5.88 Å². The third-order valence-corrected chi connectivity index (χ3v) is 5.79. The number of rotatable bonds is 4. The third-order valence-electron chi connectivity index (χ3n) is 5.79. The lowest BCUT2D eigenvalue weighted by Crippen LogP contribution is -2.38. The van der Waals surface area contributed by atoms with Crippen molar-refractivity contribution in [3.63, 3.8) is 0 Å². The van der Waals surface area contributed by atoms with Crippen LogP contribution in [0.1, 0.15) is 57.8 Å². The Labute approximate surface area is 144 Å². The van der Waals surface area contributed by atoms with Crippen molar-refractivity contribution in [2.75, 3.05) is 24.6 Å². The summed E-state index contributed by atoms with van der Waals surface area (Å²) < 4.78 is 11.9. The lowest BCUT2D eigenvalue weighted by Gasteiger charge is -2.35. The van der Waals surface area contributed by atoms with E-state index in [-0.39, 0.29) is 0 Å². The van der Waals surface area contributed by atoms with Crippen molar-refractivity contribution in [1.29, 1.82) is 0 Å². The van der Waals surface area contributed by atoms with Crippen LogP contribution in [0.15, 0.2) is 12.4 Å². The summed E-state index contributed by atoms with van der Waals surface area (Å²) in [5.41, 5.74) is 0. The first-order chi connectivity index (χ1) is 11.9. The molecular weight excluding hydrogens is 302 g/mol. The minimum Gasteiger partial charge on any atom is -0.473 e. The van der Waals surface area contributed by atoms with E-state index in [0.717, 1.165) is 44.3 Å². The van der Waals surface area contributed by atoms with Crippen LogP contribution in [0.4, 0.5) is 5.82 Å². The number of ether oxygens (including phenoxy) is 2. The molecule has 0 bridgehead atoms. The van der Waals surface area contributed by atoms with Crippen molar-refractivity contribution in [2.24, 2.45) is 5.92 Å². The van der Waals surface area contributed by atoms with Gasteiger partial charge in [-0.2, -0.15) is 4.98 Å². The van der Waals surface area contributed by atoms with Gasteiger partial charge in [-0.3, -0.25) is 4.98 Å². The molecule has 1 aromatic rings. The number of aromatic nitrogens is 2. The number of hydrogen-bond donors (Lipinski definition) is 0. The summed E-state index contributed by atoms with van der Waals surface area (Å²) in [6, 6.07) is 0. The zero-order valence-electron chi connectivity index (χ0n) is 14.5. The summed E-state index contributed by atoms with van der Waals surface area (Å²) in [7, 11) is 0. The van der Waals surface area contributed by atoms with Gasteiger partial charge in [0.05, 0.1) is 18.5 Å². The van der Waals surface area contributed by atoms with Gasteiger partial charge in [0, 0.05) is 19.7 Å². The van der Waals surface area contributed by atoms with Gasteiger partial charge < -0.3 is 14.4 Å². The average Bonchev–Trinajstić information content (AvgIpc) is 3.18. The van der Waals surface area contributed by atoms with Gasteiger partial charge in [-0.25, -0.2) is 0 Å².